The van der Waals surface area contributed by atoms with Gasteiger partial charge in [0.05, 0.1) is 30.6 Å². The summed E-state index contributed by atoms with van der Waals surface area (Å²) in [6, 6.07) is 18.4. The van der Waals surface area contributed by atoms with Crippen molar-refractivity contribution in [3.63, 3.8) is 0 Å². The lowest BCUT2D eigenvalue weighted by Gasteiger charge is -2.29. The first-order valence-corrected chi connectivity index (χ1v) is 10.9. The number of nitrogens with one attached hydrogen (secondary N) is 1. The first kappa shape index (κ1) is 21.3. The smallest absolute Gasteiger partial charge is 0.170 e. The van der Waals surface area contributed by atoms with E-state index in [9.17, 15) is 0 Å². The van der Waals surface area contributed by atoms with Crippen molar-refractivity contribution in [3.8, 4) is 11.4 Å². The molecule has 2 atom stereocenters. The third-order valence-corrected chi connectivity index (χ3v) is 5.98. The minimum atomic E-state index is -0.0311. The summed E-state index contributed by atoms with van der Waals surface area (Å²) >= 11 is 5.80. The van der Waals surface area contributed by atoms with Gasteiger partial charge in [-0.05, 0) is 75.7 Å². The lowest BCUT2D eigenvalue weighted by atomic mass is 10.0. The average Bonchev–Trinajstić information content (AvgIpc) is 3.38. The number of hydrogen-bond donors (Lipinski definition) is 1. The number of methoxy groups -OCH3 is 1. The highest BCUT2D eigenvalue weighted by atomic mass is 32.1. The number of pyridine rings is 1. The molecular formula is C24H29N5OS. The lowest BCUT2D eigenvalue weighted by molar-refractivity contribution is 0.286. The number of thiocarbonyl (C=S) groups is 1. The molecule has 0 bridgehead atoms. The van der Waals surface area contributed by atoms with Crippen LogP contribution in [0.25, 0.3) is 5.69 Å². The topological polar surface area (TPSA) is 45.6 Å². The van der Waals surface area contributed by atoms with Crippen molar-refractivity contribution < 1.29 is 4.74 Å². The molecule has 6 nitrogen and oxygen atoms in total. The highest BCUT2D eigenvalue weighted by Gasteiger charge is 2.41. The van der Waals surface area contributed by atoms with Crippen LogP contribution in [0.4, 0.5) is 0 Å². The molecule has 1 N–H and O–H groups in total. The molecule has 0 aliphatic carbocycles. The maximum Gasteiger partial charge on any atom is 0.170 e. The maximum absolute atomic E-state index is 5.80. The van der Waals surface area contributed by atoms with Crippen LogP contribution in [0.5, 0.6) is 5.75 Å². The van der Waals surface area contributed by atoms with Crippen LogP contribution in [0.2, 0.25) is 0 Å². The van der Waals surface area contributed by atoms with Gasteiger partial charge >= 0.3 is 0 Å². The van der Waals surface area contributed by atoms with Crippen LogP contribution in [0.15, 0.2) is 67.0 Å². The van der Waals surface area contributed by atoms with E-state index in [4.69, 9.17) is 17.0 Å². The number of nitrogens with zero attached hydrogens (tertiary/aromatic N) is 4. The fourth-order valence-corrected chi connectivity index (χ4v) is 4.54. The second kappa shape index (κ2) is 9.49. The van der Waals surface area contributed by atoms with E-state index in [1.165, 1.54) is 0 Å². The monoisotopic (exact) mass is 435 g/mol. The Morgan fingerprint density at radius 1 is 1.10 bits per heavy atom. The van der Waals surface area contributed by atoms with E-state index in [2.05, 4.69) is 69.2 Å². The number of aromatic nitrogens is 2. The average molecular weight is 436 g/mol. The summed E-state index contributed by atoms with van der Waals surface area (Å²) in [6.07, 6.45) is 4.95. The SMILES string of the molecule is COc1ccccc1-n1cccc1[C@H]1[C@H](c2ccccn2)NC(=S)N1CCCN(C)C. The van der Waals surface area contributed by atoms with Crippen LogP contribution in [0.3, 0.4) is 0 Å². The number of ether oxygens (including phenoxy) is 1. The van der Waals surface area contributed by atoms with E-state index in [1.54, 1.807) is 7.11 Å². The highest BCUT2D eigenvalue weighted by molar-refractivity contribution is 7.80. The molecule has 31 heavy (non-hydrogen) atoms. The highest BCUT2D eigenvalue weighted by Crippen LogP contribution is 2.40. The molecule has 3 aromatic rings. The second-order valence-corrected chi connectivity index (χ2v) is 8.34. The molecule has 0 spiro atoms. The van der Waals surface area contributed by atoms with Gasteiger partial charge in [-0.15, -0.1) is 0 Å². The molecule has 1 aliphatic heterocycles. The molecule has 0 saturated carbocycles. The molecular weight excluding hydrogens is 406 g/mol. The molecule has 0 radical (unpaired) electrons. The number of rotatable bonds is 8. The van der Waals surface area contributed by atoms with Crippen LogP contribution in [-0.4, -0.2) is 58.8 Å². The van der Waals surface area contributed by atoms with Gasteiger partial charge in [0, 0.05) is 24.6 Å². The van der Waals surface area contributed by atoms with E-state index in [0.717, 1.165) is 47.4 Å². The molecule has 1 aromatic carbocycles. The van der Waals surface area contributed by atoms with Crippen LogP contribution in [-0.2, 0) is 0 Å². The van der Waals surface area contributed by atoms with Crippen molar-refractivity contribution >= 4 is 17.3 Å². The van der Waals surface area contributed by atoms with E-state index < -0.39 is 0 Å². The summed E-state index contributed by atoms with van der Waals surface area (Å²) in [5.74, 6) is 0.835. The predicted molar refractivity (Wildman–Crippen MR) is 128 cm³/mol. The largest absolute Gasteiger partial charge is 0.495 e. The number of para-hydroxylation sites is 2. The zero-order valence-corrected chi connectivity index (χ0v) is 19.0. The molecule has 1 saturated heterocycles. The van der Waals surface area contributed by atoms with Gasteiger partial charge in [0.2, 0.25) is 0 Å². The van der Waals surface area contributed by atoms with Crippen molar-refractivity contribution in [2.75, 3.05) is 34.3 Å². The van der Waals surface area contributed by atoms with Crippen LogP contribution < -0.4 is 10.1 Å². The van der Waals surface area contributed by atoms with Crippen LogP contribution in [0, 0.1) is 0 Å². The van der Waals surface area contributed by atoms with Crippen LogP contribution >= 0.6 is 12.2 Å². The van der Waals surface area contributed by atoms with Gasteiger partial charge in [-0.25, -0.2) is 0 Å². The fraction of sp³-hybridized carbons (Fsp3) is 0.333. The third kappa shape index (κ3) is 4.43. The third-order valence-electron chi connectivity index (χ3n) is 5.63. The summed E-state index contributed by atoms with van der Waals surface area (Å²) in [5, 5.41) is 4.31. The fourth-order valence-electron chi connectivity index (χ4n) is 4.21. The molecule has 4 rings (SSSR count). The van der Waals surface area contributed by atoms with Crippen molar-refractivity contribution in [2.24, 2.45) is 0 Å². The van der Waals surface area contributed by atoms with Gasteiger partial charge < -0.3 is 24.4 Å². The first-order valence-electron chi connectivity index (χ1n) is 10.5. The standard InChI is InChI=1S/C24H29N5OS/c1-27(2)15-9-17-29-23(22(26-24(29)31)18-10-6-7-14-25-18)20-12-8-16-28(20)19-11-4-5-13-21(19)30-3/h4-8,10-14,16,22-23H,9,15,17H2,1-3H3,(H,26,31)/t22-,23-/m0/s1. The Balaban J connectivity index is 1.76. The molecule has 1 aliphatic rings. The van der Waals surface area contributed by atoms with Gasteiger partial charge in [-0.3, -0.25) is 4.98 Å². The number of benzene rings is 1. The first-order chi connectivity index (χ1) is 15.1. The minimum absolute atomic E-state index is 0.0180. The van der Waals surface area contributed by atoms with Crippen molar-refractivity contribution in [3.05, 3.63) is 78.4 Å². The normalized spacial score (nSPS) is 18.5. The molecule has 162 valence electrons. The van der Waals surface area contributed by atoms with E-state index in [0.29, 0.717) is 0 Å². The zero-order chi connectivity index (χ0) is 21.8. The molecule has 0 amide bonds. The lowest BCUT2D eigenvalue weighted by Crippen LogP contribution is -2.33. The van der Waals surface area contributed by atoms with Crippen molar-refractivity contribution in [1.82, 2.24) is 24.7 Å². The van der Waals surface area contributed by atoms with E-state index in [1.807, 2.05) is 36.5 Å². The van der Waals surface area contributed by atoms with Gasteiger partial charge in [0.25, 0.3) is 0 Å². The summed E-state index contributed by atoms with van der Waals surface area (Å²) in [6.45, 7) is 1.88. The Morgan fingerprint density at radius 3 is 2.65 bits per heavy atom. The van der Waals surface area contributed by atoms with E-state index >= 15 is 0 Å². The Bertz CT molecular complexity index is 1020. The van der Waals surface area contributed by atoms with Gasteiger partial charge in [-0.1, -0.05) is 18.2 Å². The molecule has 2 aromatic heterocycles. The van der Waals surface area contributed by atoms with E-state index in [-0.39, 0.29) is 12.1 Å². The van der Waals surface area contributed by atoms with Crippen molar-refractivity contribution in [1.29, 1.82) is 0 Å². The quantitative estimate of drug-likeness (QED) is 0.543. The van der Waals surface area contributed by atoms with Gasteiger partial charge in [0.15, 0.2) is 5.11 Å². The predicted octanol–water partition coefficient (Wildman–Crippen LogP) is 3.81. The van der Waals surface area contributed by atoms with Crippen molar-refractivity contribution in [2.45, 2.75) is 18.5 Å². The molecule has 1 fully saturated rings. The summed E-state index contributed by atoms with van der Waals surface area (Å²) < 4.78 is 7.85. The Hall–Kier alpha value is -2.90. The Morgan fingerprint density at radius 2 is 1.90 bits per heavy atom. The summed E-state index contributed by atoms with van der Waals surface area (Å²) in [4.78, 5) is 9.15. The molecule has 3 heterocycles. The van der Waals surface area contributed by atoms with Crippen LogP contribution in [0.1, 0.15) is 29.9 Å². The van der Waals surface area contributed by atoms with Gasteiger partial charge in [0.1, 0.15) is 5.75 Å². The van der Waals surface area contributed by atoms with Gasteiger partial charge in [-0.2, -0.15) is 0 Å². The number of hydrogen-bond acceptors (Lipinski definition) is 4. The Labute approximate surface area is 189 Å². The summed E-state index contributed by atoms with van der Waals surface area (Å²) in [5.41, 5.74) is 3.14. The molecule has 7 heteroatoms. The summed E-state index contributed by atoms with van der Waals surface area (Å²) in [7, 11) is 5.90. The maximum atomic E-state index is 5.80. The zero-order valence-electron chi connectivity index (χ0n) is 18.2. The molecule has 0 unspecified atom stereocenters. The minimum Gasteiger partial charge on any atom is -0.495 e. The second-order valence-electron chi connectivity index (χ2n) is 7.95. The Kier molecular flexibility index (Phi) is 6.53.